The second-order valence-electron chi connectivity index (χ2n) is 4.67. The molecule has 0 heterocycles. The van der Waals surface area contributed by atoms with E-state index in [-0.39, 0.29) is 6.04 Å². The van der Waals surface area contributed by atoms with E-state index >= 15 is 0 Å². The van der Waals surface area contributed by atoms with Gasteiger partial charge in [0.1, 0.15) is 0 Å². The Balaban J connectivity index is 4.30. The molecule has 0 saturated heterocycles. The fourth-order valence-corrected chi connectivity index (χ4v) is 2.97. The van der Waals surface area contributed by atoms with E-state index in [1.54, 1.807) is 6.92 Å². The number of rotatable bonds is 10. The maximum absolute atomic E-state index is 12.0. The molecule has 0 aliphatic heterocycles. The molecular formula is C12H29N3O2S. The molecule has 0 aliphatic carbocycles. The molecule has 6 heteroatoms. The van der Waals surface area contributed by atoms with Crippen LogP contribution in [0.4, 0.5) is 0 Å². The van der Waals surface area contributed by atoms with E-state index in [0.29, 0.717) is 6.54 Å². The third-order valence-corrected chi connectivity index (χ3v) is 4.96. The van der Waals surface area contributed by atoms with Crippen molar-refractivity contribution in [2.45, 2.75) is 45.9 Å². The molecule has 18 heavy (non-hydrogen) atoms. The van der Waals surface area contributed by atoms with Gasteiger partial charge in [-0.25, -0.2) is 13.1 Å². The quantitative estimate of drug-likeness (QED) is 0.616. The number of nitrogens with zero attached hydrogens (tertiary/aromatic N) is 1. The second-order valence-corrected chi connectivity index (χ2v) is 6.80. The van der Waals surface area contributed by atoms with Crippen molar-refractivity contribution in [3.63, 3.8) is 0 Å². The zero-order valence-corrected chi connectivity index (χ0v) is 13.2. The maximum atomic E-state index is 12.0. The Hall–Kier alpha value is -0.170. The van der Waals surface area contributed by atoms with Crippen LogP contribution in [0.5, 0.6) is 0 Å². The highest BCUT2D eigenvalue weighted by atomic mass is 32.2. The Kier molecular flexibility index (Phi) is 8.77. The molecule has 5 nitrogen and oxygen atoms in total. The van der Waals surface area contributed by atoms with Crippen molar-refractivity contribution in [3.8, 4) is 0 Å². The van der Waals surface area contributed by atoms with E-state index in [4.69, 9.17) is 0 Å². The first kappa shape index (κ1) is 17.8. The lowest BCUT2D eigenvalue weighted by Crippen LogP contribution is -2.46. The Bertz CT molecular complexity index is 302. The zero-order chi connectivity index (χ0) is 14.2. The van der Waals surface area contributed by atoms with Crippen LogP contribution in [0.2, 0.25) is 0 Å². The summed E-state index contributed by atoms with van der Waals surface area (Å²) in [7, 11) is -3.23. The molecule has 0 bridgehead atoms. The molecule has 0 amide bonds. The lowest BCUT2D eigenvalue weighted by Gasteiger charge is -2.24. The third-order valence-electron chi connectivity index (χ3n) is 3.00. The molecule has 2 N–H and O–H groups in total. The summed E-state index contributed by atoms with van der Waals surface area (Å²) in [6.07, 6.45) is 0. The molecule has 0 aliphatic rings. The molecule has 0 aromatic rings. The SMILES string of the molecule is CCNCC(C)S(=O)(=O)NC(C)CN(CC)CC. The van der Waals surface area contributed by atoms with Crippen molar-refractivity contribution in [2.24, 2.45) is 0 Å². The fraction of sp³-hybridized carbons (Fsp3) is 1.00. The summed E-state index contributed by atoms with van der Waals surface area (Å²) >= 11 is 0. The Morgan fingerprint density at radius 2 is 1.67 bits per heavy atom. The van der Waals surface area contributed by atoms with Crippen LogP contribution >= 0.6 is 0 Å². The predicted molar refractivity (Wildman–Crippen MR) is 77.3 cm³/mol. The van der Waals surface area contributed by atoms with Crippen molar-refractivity contribution >= 4 is 10.0 Å². The number of nitrogens with one attached hydrogen (secondary N) is 2. The van der Waals surface area contributed by atoms with Crippen molar-refractivity contribution in [2.75, 3.05) is 32.7 Å². The van der Waals surface area contributed by atoms with Crippen LogP contribution in [0, 0.1) is 0 Å². The molecule has 0 radical (unpaired) electrons. The summed E-state index contributed by atoms with van der Waals surface area (Å²) in [5.74, 6) is 0. The molecule has 2 unspecified atom stereocenters. The van der Waals surface area contributed by atoms with E-state index in [0.717, 1.165) is 26.2 Å². The predicted octanol–water partition coefficient (Wildman–Crippen LogP) is 0.634. The topological polar surface area (TPSA) is 61.4 Å². The molecule has 110 valence electrons. The van der Waals surface area contributed by atoms with Crippen LogP contribution in [0.25, 0.3) is 0 Å². The van der Waals surface area contributed by atoms with E-state index in [2.05, 4.69) is 28.8 Å². The highest BCUT2D eigenvalue weighted by Gasteiger charge is 2.22. The van der Waals surface area contributed by atoms with Gasteiger partial charge in [-0.3, -0.25) is 0 Å². The van der Waals surface area contributed by atoms with Crippen LogP contribution in [-0.4, -0.2) is 57.3 Å². The molecule has 0 saturated carbocycles. The number of sulfonamides is 1. The lowest BCUT2D eigenvalue weighted by atomic mass is 10.3. The highest BCUT2D eigenvalue weighted by molar-refractivity contribution is 7.90. The minimum atomic E-state index is -3.23. The minimum Gasteiger partial charge on any atom is -0.316 e. The smallest absolute Gasteiger partial charge is 0.215 e. The van der Waals surface area contributed by atoms with Gasteiger partial charge in [-0.1, -0.05) is 20.8 Å². The van der Waals surface area contributed by atoms with Gasteiger partial charge in [0.2, 0.25) is 10.0 Å². The number of hydrogen-bond donors (Lipinski definition) is 2. The van der Waals surface area contributed by atoms with Gasteiger partial charge < -0.3 is 10.2 Å². The monoisotopic (exact) mass is 279 g/mol. The largest absolute Gasteiger partial charge is 0.316 e. The van der Waals surface area contributed by atoms with Gasteiger partial charge in [-0.15, -0.1) is 0 Å². The van der Waals surface area contributed by atoms with Gasteiger partial charge in [0, 0.05) is 19.1 Å². The van der Waals surface area contributed by atoms with E-state index in [1.807, 2.05) is 13.8 Å². The second kappa shape index (κ2) is 8.85. The van der Waals surface area contributed by atoms with Crippen LogP contribution in [0.3, 0.4) is 0 Å². The maximum Gasteiger partial charge on any atom is 0.215 e. The number of hydrogen-bond acceptors (Lipinski definition) is 4. The Labute approximate surface area is 112 Å². The fourth-order valence-electron chi connectivity index (χ4n) is 1.76. The van der Waals surface area contributed by atoms with E-state index < -0.39 is 15.3 Å². The van der Waals surface area contributed by atoms with Crippen LogP contribution < -0.4 is 10.0 Å². The van der Waals surface area contributed by atoms with Gasteiger partial charge in [0.05, 0.1) is 5.25 Å². The van der Waals surface area contributed by atoms with Gasteiger partial charge in [0.15, 0.2) is 0 Å². The van der Waals surface area contributed by atoms with Crippen molar-refractivity contribution in [1.29, 1.82) is 0 Å². The van der Waals surface area contributed by atoms with Crippen molar-refractivity contribution in [1.82, 2.24) is 14.9 Å². The molecule has 0 spiro atoms. The summed E-state index contributed by atoms with van der Waals surface area (Å²) in [5, 5.41) is 2.65. The van der Waals surface area contributed by atoms with Crippen LogP contribution in [0.1, 0.15) is 34.6 Å². The molecule has 2 atom stereocenters. The summed E-state index contributed by atoms with van der Waals surface area (Å²) in [6.45, 7) is 13.7. The minimum absolute atomic E-state index is 0.0565. The summed E-state index contributed by atoms with van der Waals surface area (Å²) in [4.78, 5) is 2.21. The van der Waals surface area contributed by atoms with Gasteiger partial charge in [-0.2, -0.15) is 0 Å². The molecule has 0 aromatic carbocycles. The zero-order valence-electron chi connectivity index (χ0n) is 12.4. The summed E-state index contributed by atoms with van der Waals surface area (Å²) in [5.41, 5.74) is 0. The van der Waals surface area contributed by atoms with Crippen LogP contribution in [-0.2, 0) is 10.0 Å². The molecular weight excluding hydrogens is 250 g/mol. The van der Waals surface area contributed by atoms with Gasteiger partial charge in [-0.05, 0) is 33.5 Å². The first-order valence-electron chi connectivity index (χ1n) is 6.81. The lowest BCUT2D eigenvalue weighted by molar-refractivity contribution is 0.282. The first-order chi connectivity index (χ1) is 8.37. The average Bonchev–Trinajstić information content (AvgIpc) is 2.32. The van der Waals surface area contributed by atoms with Crippen molar-refractivity contribution in [3.05, 3.63) is 0 Å². The van der Waals surface area contributed by atoms with Crippen LogP contribution in [0.15, 0.2) is 0 Å². The Morgan fingerprint density at radius 1 is 1.11 bits per heavy atom. The summed E-state index contributed by atoms with van der Waals surface area (Å²) < 4.78 is 26.8. The molecule has 0 aromatic heterocycles. The highest BCUT2D eigenvalue weighted by Crippen LogP contribution is 2.00. The first-order valence-corrected chi connectivity index (χ1v) is 8.36. The summed E-state index contributed by atoms with van der Waals surface area (Å²) in [6, 6.07) is -0.0565. The third kappa shape index (κ3) is 6.68. The Morgan fingerprint density at radius 3 is 2.11 bits per heavy atom. The standard InChI is InChI=1S/C12H29N3O2S/c1-6-13-9-12(5)18(16,17)14-11(4)10-15(7-2)8-3/h11-14H,6-10H2,1-5H3. The van der Waals surface area contributed by atoms with Crippen molar-refractivity contribution < 1.29 is 8.42 Å². The van der Waals surface area contributed by atoms with E-state index in [1.165, 1.54) is 0 Å². The molecule has 0 rings (SSSR count). The number of likely N-dealkylation sites (N-methyl/N-ethyl adjacent to an activating group) is 1. The van der Waals surface area contributed by atoms with E-state index in [9.17, 15) is 8.42 Å². The average molecular weight is 279 g/mol. The normalized spacial score (nSPS) is 15.9. The van der Waals surface area contributed by atoms with Gasteiger partial charge in [0.25, 0.3) is 0 Å². The van der Waals surface area contributed by atoms with Gasteiger partial charge >= 0.3 is 0 Å². The molecule has 0 fully saturated rings.